The topological polar surface area (TPSA) is 33.2 Å². The van der Waals surface area contributed by atoms with E-state index in [1.807, 2.05) is 0 Å². The number of aryl methyl sites for hydroxylation is 1. The average molecular weight is 266 g/mol. The molecule has 1 aliphatic heterocycles. The third-order valence-electron chi connectivity index (χ3n) is 3.56. The van der Waals surface area contributed by atoms with E-state index in [0.29, 0.717) is 0 Å². The first-order valence-corrected chi connectivity index (χ1v) is 7.79. The van der Waals surface area contributed by atoms with Crippen LogP contribution in [-0.4, -0.2) is 24.4 Å². The summed E-state index contributed by atoms with van der Waals surface area (Å²) in [6.45, 7) is 6.59. The van der Waals surface area contributed by atoms with Gasteiger partial charge in [-0.1, -0.05) is 38.0 Å². The molecule has 0 spiro atoms. The first-order valence-electron chi connectivity index (χ1n) is 6.98. The number of anilines is 1. The second-order valence-electron chi connectivity index (χ2n) is 5.06. The smallest absolute Gasteiger partial charge is 0.186 e. The van der Waals surface area contributed by atoms with Crippen molar-refractivity contribution in [3.8, 4) is 0 Å². The molecule has 0 aliphatic carbocycles. The summed E-state index contributed by atoms with van der Waals surface area (Å²) in [4.78, 5) is 18.9. The Morgan fingerprint density at radius 3 is 2.94 bits per heavy atom. The molecular weight excluding hydrogens is 244 g/mol. The van der Waals surface area contributed by atoms with Gasteiger partial charge in [0.25, 0.3) is 0 Å². The molecule has 0 amide bonds. The zero-order valence-corrected chi connectivity index (χ0v) is 12.1. The van der Waals surface area contributed by atoms with Crippen LogP contribution >= 0.6 is 11.3 Å². The van der Waals surface area contributed by atoms with Crippen molar-refractivity contribution in [2.45, 2.75) is 46.0 Å². The summed E-state index contributed by atoms with van der Waals surface area (Å²) in [6.07, 6.45) is 6.76. The normalized spacial score (nSPS) is 19.4. The summed E-state index contributed by atoms with van der Waals surface area (Å²) >= 11 is 1.56. The Balaban J connectivity index is 2.07. The molecule has 100 valence electrons. The van der Waals surface area contributed by atoms with E-state index in [4.69, 9.17) is 0 Å². The highest BCUT2D eigenvalue weighted by Gasteiger charge is 2.24. The largest absolute Gasteiger partial charge is 0.348 e. The highest BCUT2D eigenvalue weighted by atomic mass is 32.1. The number of hydrogen-bond acceptors (Lipinski definition) is 4. The molecule has 1 aromatic heterocycles. The Bertz CT molecular complexity index is 402. The molecule has 2 heterocycles. The summed E-state index contributed by atoms with van der Waals surface area (Å²) < 4.78 is 0. The minimum atomic E-state index is 0.813. The lowest BCUT2D eigenvalue weighted by Crippen LogP contribution is -2.19. The molecule has 1 fully saturated rings. The van der Waals surface area contributed by atoms with Crippen LogP contribution in [-0.2, 0) is 6.42 Å². The third kappa shape index (κ3) is 2.91. The van der Waals surface area contributed by atoms with Crippen LogP contribution in [0.3, 0.4) is 0 Å². The van der Waals surface area contributed by atoms with Crippen LogP contribution in [0.1, 0.15) is 54.9 Å². The van der Waals surface area contributed by atoms with Crippen LogP contribution in [0.5, 0.6) is 0 Å². The minimum Gasteiger partial charge on any atom is -0.348 e. The number of carbonyl (C=O) groups is 1. The minimum absolute atomic E-state index is 0.813. The fourth-order valence-electron chi connectivity index (χ4n) is 2.64. The van der Waals surface area contributed by atoms with E-state index in [1.54, 1.807) is 11.3 Å². The van der Waals surface area contributed by atoms with Crippen molar-refractivity contribution in [1.82, 2.24) is 4.98 Å². The zero-order valence-electron chi connectivity index (χ0n) is 11.3. The van der Waals surface area contributed by atoms with Gasteiger partial charge >= 0.3 is 0 Å². The van der Waals surface area contributed by atoms with Gasteiger partial charge in [-0.2, -0.15) is 0 Å². The highest BCUT2D eigenvalue weighted by Crippen LogP contribution is 2.31. The standard InChI is InChI=1S/C14H22N2OS/c1-3-5-11-7-8-16(9-11)14-15-12(6-4-2)13(10-17)18-14/h10-11H,3-9H2,1-2H3. The van der Waals surface area contributed by atoms with E-state index < -0.39 is 0 Å². The quantitative estimate of drug-likeness (QED) is 0.738. The Kier molecular flexibility index (Phi) is 4.75. The van der Waals surface area contributed by atoms with Crippen molar-refractivity contribution in [1.29, 1.82) is 0 Å². The maximum atomic E-state index is 11.0. The fraction of sp³-hybridized carbons (Fsp3) is 0.714. The van der Waals surface area contributed by atoms with Gasteiger partial charge in [-0.3, -0.25) is 4.79 Å². The zero-order chi connectivity index (χ0) is 13.0. The number of hydrogen-bond donors (Lipinski definition) is 0. The Labute approximate surface area is 113 Å². The molecule has 18 heavy (non-hydrogen) atoms. The molecule has 2 rings (SSSR count). The molecule has 3 nitrogen and oxygen atoms in total. The van der Waals surface area contributed by atoms with Crippen molar-refractivity contribution in [2.75, 3.05) is 18.0 Å². The van der Waals surface area contributed by atoms with E-state index in [1.165, 1.54) is 19.3 Å². The lowest BCUT2D eigenvalue weighted by Gasteiger charge is -2.14. The Hall–Kier alpha value is -0.900. The molecule has 0 saturated carbocycles. The molecule has 1 atom stereocenters. The fourth-order valence-corrected chi connectivity index (χ4v) is 3.61. The summed E-state index contributed by atoms with van der Waals surface area (Å²) in [5, 5.41) is 1.05. The van der Waals surface area contributed by atoms with Crippen LogP contribution in [0.25, 0.3) is 0 Å². The number of thiazole rings is 1. The van der Waals surface area contributed by atoms with E-state index in [9.17, 15) is 4.79 Å². The van der Waals surface area contributed by atoms with Gasteiger partial charge in [0.15, 0.2) is 11.4 Å². The molecule has 0 N–H and O–H groups in total. The van der Waals surface area contributed by atoms with Crippen molar-refractivity contribution in [3.05, 3.63) is 10.6 Å². The number of rotatable bonds is 6. The van der Waals surface area contributed by atoms with Crippen LogP contribution in [0.15, 0.2) is 0 Å². The molecule has 1 unspecified atom stereocenters. The van der Waals surface area contributed by atoms with Gasteiger partial charge < -0.3 is 4.90 Å². The summed E-state index contributed by atoms with van der Waals surface area (Å²) in [5.74, 6) is 0.813. The van der Waals surface area contributed by atoms with Crippen LogP contribution in [0.4, 0.5) is 5.13 Å². The Morgan fingerprint density at radius 2 is 2.28 bits per heavy atom. The summed E-state index contributed by atoms with van der Waals surface area (Å²) in [6, 6.07) is 0. The monoisotopic (exact) mass is 266 g/mol. The Morgan fingerprint density at radius 1 is 1.44 bits per heavy atom. The van der Waals surface area contributed by atoms with Crippen molar-refractivity contribution in [2.24, 2.45) is 5.92 Å². The van der Waals surface area contributed by atoms with E-state index >= 15 is 0 Å². The van der Waals surface area contributed by atoms with Crippen molar-refractivity contribution >= 4 is 22.8 Å². The van der Waals surface area contributed by atoms with Gasteiger partial charge in [0.2, 0.25) is 0 Å². The molecule has 1 aliphatic rings. The second-order valence-corrected chi connectivity index (χ2v) is 6.07. The maximum Gasteiger partial charge on any atom is 0.186 e. The van der Waals surface area contributed by atoms with Gasteiger partial charge in [0.1, 0.15) is 0 Å². The van der Waals surface area contributed by atoms with Crippen molar-refractivity contribution in [3.63, 3.8) is 0 Å². The molecule has 0 radical (unpaired) electrons. The van der Waals surface area contributed by atoms with E-state index in [-0.39, 0.29) is 0 Å². The molecule has 1 saturated heterocycles. The molecule has 4 heteroatoms. The average Bonchev–Trinajstić information content (AvgIpc) is 2.96. The first-order chi connectivity index (χ1) is 8.78. The summed E-state index contributed by atoms with van der Waals surface area (Å²) in [5.41, 5.74) is 0.992. The summed E-state index contributed by atoms with van der Waals surface area (Å²) in [7, 11) is 0. The maximum absolute atomic E-state index is 11.0. The molecule has 0 aromatic carbocycles. The lowest BCUT2D eigenvalue weighted by atomic mass is 10.0. The van der Waals surface area contributed by atoms with Crippen molar-refractivity contribution < 1.29 is 4.79 Å². The predicted molar refractivity (Wildman–Crippen MR) is 76.7 cm³/mol. The number of nitrogens with zero attached hydrogens (tertiary/aromatic N) is 2. The van der Waals surface area contributed by atoms with E-state index in [2.05, 4.69) is 23.7 Å². The van der Waals surface area contributed by atoms with Gasteiger partial charge in [0, 0.05) is 13.1 Å². The van der Waals surface area contributed by atoms with Gasteiger partial charge in [-0.15, -0.1) is 0 Å². The highest BCUT2D eigenvalue weighted by molar-refractivity contribution is 7.17. The molecule has 1 aromatic rings. The second kappa shape index (κ2) is 6.32. The molecular formula is C14H22N2OS. The molecule has 0 bridgehead atoms. The first kappa shape index (κ1) is 13.5. The predicted octanol–water partition coefficient (Wildman–Crippen LogP) is 3.53. The van der Waals surface area contributed by atoms with Gasteiger partial charge in [-0.25, -0.2) is 4.98 Å². The number of carbonyl (C=O) groups excluding carboxylic acids is 1. The van der Waals surface area contributed by atoms with Gasteiger partial charge in [-0.05, 0) is 25.2 Å². The van der Waals surface area contributed by atoms with Crippen LogP contribution in [0, 0.1) is 5.92 Å². The number of aldehydes is 1. The van der Waals surface area contributed by atoms with Gasteiger partial charge in [0.05, 0.1) is 10.6 Å². The lowest BCUT2D eigenvalue weighted by molar-refractivity contribution is 0.112. The van der Waals surface area contributed by atoms with E-state index in [0.717, 1.165) is 53.8 Å². The van der Waals surface area contributed by atoms with Crippen LogP contribution in [0.2, 0.25) is 0 Å². The number of aromatic nitrogens is 1. The SMILES string of the molecule is CCCc1nc(N2CCC(CCC)C2)sc1C=O. The third-order valence-corrected chi connectivity index (χ3v) is 4.65. The van der Waals surface area contributed by atoms with Crippen LogP contribution < -0.4 is 4.90 Å².